The molecule has 0 unspecified atom stereocenters. The van der Waals surface area contributed by atoms with E-state index in [-0.39, 0.29) is 18.1 Å². The molecule has 1 saturated heterocycles. The summed E-state index contributed by atoms with van der Waals surface area (Å²) >= 11 is 0. The van der Waals surface area contributed by atoms with Crippen LogP contribution in [0.2, 0.25) is 0 Å². The highest BCUT2D eigenvalue weighted by molar-refractivity contribution is 5.98. The molecule has 1 amide bonds. The summed E-state index contributed by atoms with van der Waals surface area (Å²) in [5, 5.41) is 3.05. The molecule has 25 heavy (non-hydrogen) atoms. The molecule has 0 aliphatic carbocycles. The largest absolute Gasteiger partial charge is 0.496 e. The fraction of sp³-hybridized carbons (Fsp3) is 0.350. The van der Waals surface area contributed by atoms with E-state index in [4.69, 9.17) is 14.2 Å². The van der Waals surface area contributed by atoms with E-state index in [0.29, 0.717) is 24.5 Å². The van der Waals surface area contributed by atoms with Gasteiger partial charge in [0.1, 0.15) is 17.6 Å². The molecule has 1 N–H and O–H groups in total. The van der Waals surface area contributed by atoms with Gasteiger partial charge in [-0.2, -0.15) is 0 Å². The Kier molecular flexibility index (Phi) is 5.56. The Labute approximate surface area is 147 Å². The van der Waals surface area contributed by atoms with Crippen LogP contribution in [0.1, 0.15) is 22.3 Å². The highest BCUT2D eigenvalue weighted by Gasteiger charge is 2.30. The normalized spacial score (nSPS) is 19.9. The maximum atomic E-state index is 12.8. The zero-order valence-electron chi connectivity index (χ0n) is 14.5. The van der Waals surface area contributed by atoms with Crippen molar-refractivity contribution >= 4 is 5.91 Å². The number of hydrogen-bond acceptors (Lipinski definition) is 4. The topological polar surface area (TPSA) is 56.8 Å². The first-order chi connectivity index (χ1) is 12.2. The summed E-state index contributed by atoms with van der Waals surface area (Å²) in [4.78, 5) is 12.8. The molecule has 2 aromatic carbocycles. The van der Waals surface area contributed by atoms with Gasteiger partial charge in [-0.3, -0.25) is 4.79 Å². The van der Waals surface area contributed by atoms with E-state index in [1.54, 1.807) is 13.2 Å². The third-order valence-electron chi connectivity index (χ3n) is 4.32. The number of carbonyl (C=O) groups is 1. The Balaban J connectivity index is 1.74. The Morgan fingerprint density at radius 3 is 2.72 bits per heavy atom. The summed E-state index contributed by atoms with van der Waals surface area (Å²) in [6.45, 7) is 2.95. The van der Waals surface area contributed by atoms with E-state index < -0.39 is 0 Å². The zero-order chi connectivity index (χ0) is 17.6. The van der Waals surface area contributed by atoms with Gasteiger partial charge in [-0.1, -0.05) is 30.3 Å². The second-order valence-corrected chi connectivity index (χ2v) is 6.07. The van der Waals surface area contributed by atoms with Crippen molar-refractivity contribution < 1.29 is 19.0 Å². The van der Waals surface area contributed by atoms with Crippen molar-refractivity contribution in [2.24, 2.45) is 0 Å². The van der Waals surface area contributed by atoms with Crippen LogP contribution in [0.5, 0.6) is 11.5 Å². The average Bonchev–Trinajstić information content (AvgIpc) is 2.63. The maximum absolute atomic E-state index is 12.8. The van der Waals surface area contributed by atoms with Crippen LogP contribution in [0, 0.1) is 6.92 Å². The van der Waals surface area contributed by atoms with Crippen LogP contribution < -0.4 is 14.8 Å². The van der Waals surface area contributed by atoms with Crippen molar-refractivity contribution in [1.82, 2.24) is 5.32 Å². The summed E-state index contributed by atoms with van der Waals surface area (Å²) < 4.78 is 16.9. The van der Waals surface area contributed by atoms with Gasteiger partial charge in [0.15, 0.2) is 0 Å². The number of amides is 1. The molecule has 2 aromatic rings. The lowest BCUT2D eigenvalue weighted by molar-refractivity contribution is -0.00292. The molecule has 1 aliphatic rings. The van der Waals surface area contributed by atoms with E-state index in [1.807, 2.05) is 49.4 Å². The Bertz CT molecular complexity index is 717. The first kappa shape index (κ1) is 17.3. The van der Waals surface area contributed by atoms with Gasteiger partial charge in [0.25, 0.3) is 5.91 Å². The van der Waals surface area contributed by atoms with Crippen LogP contribution in [0.3, 0.4) is 0 Å². The molecule has 0 saturated carbocycles. The highest BCUT2D eigenvalue weighted by atomic mass is 16.5. The van der Waals surface area contributed by atoms with Gasteiger partial charge in [0.05, 0.1) is 31.9 Å². The number of rotatable bonds is 5. The van der Waals surface area contributed by atoms with Crippen molar-refractivity contribution in [3.05, 3.63) is 59.7 Å². The molecule has 0 aromatic heterocycles. The van der Waals surface area contributed by atoms with Crippen LogP contribution in [-0.2, 0) is 4.74 Å². The molecule has 0 radical (unpaired) electrons. The number of aryl methyl sites for hydroxylation is 1. The minimum absolute atomic E-state index is 0.130. The number of carbonyl (C=O) groups excluding carboxylic acids is 1. The van der Waals surface area contributed by atoms with Crippen molar-refractivity contribution in [1.29, 1.82) is 0 Å². The third-order valence-corrected chi connectivity index (χ3v) is 4.32. The van der Waals surface area contributed by atoms with Gasteiger partial charge >= 0.3 is 0 Å². The molecular formula is C20H23NO4. The zero-order valence-corrected chi connectivity index (χ0v) is 14.5. The van der Waals surface area contributed by atoms with Crippen molar-refractivity contribution in [2.45, 2.75) is 25.5 Å². The molecule has 1 heterocycles. The lowest BCUT2D eigenvalue weighted by Gasteiger charge is -2.32. The van der Waals surface area contributed by atoms with E-state index in [2.05, 4.69) is 5.32 Å². The van der Waals surface area contributed by atoms with Crippen LogP contribution in [-0.4, -0.2) is 38.4 Å². The van der Waals surface area contributed by atoms with Gasteiger partial charge in [-0.05, 0) is 30.7 Å². The summed E-state index contributed by atoms with van der Waals surface area (Å²) in [6, 6.07) is 15.0. The molecule has 3 rings (SSSR count). The molecular weight excluding hydrogens is 318 g/mol. The minimum atomic E-state index is -0.217. The Hall–Kier alpha value is -2.53. The number of ether oxygens (including phenoxy) is 3. The van der Waals surface area contributed by atoms with E-state index in [0.717, 1.165) is 17.7 Å². The van der Waals surface area contributed by atoms with Crippen molar-refractivity contribution in [2.75, 3.05) is 20.3 Å². The van der Waals surface area contributed by atoms with Gasteiger partial charge in [0.2, 0.25) is 0 Å². The quantitative estimate of drug-likeness (QED) is 0.908. The van der Waals surface area contributed by atoms with Gasteiger partial charge in [-0.15, -0.1) is 0 Å². The van der Waals surface area contributed by atoms with Crippen LogP contribution in [0.15, 0.2) is 48.5 Å². The van der Waals surface area contributed by atoms with Crippen LogP contribution in [0.25, 0.3) is 0 Å². The third kappa shape index (κ3) is 4.12. The summed E-state index contributed by atoms with van der Waals surface area (Å²) in [6.07, 6.45) is 0.597. The Morgan fingerprint density at radius 1 is 1.16 bits per heavy atom. The lowest BCUT2D eigenvalue weighted by atomic mass is 10.0. The molecule has 2 atom stereocenters. The number of benzene rings is 2. The standard InChI is InChI=1S/C20H23NO4/c1-14-7-6-10-18(23-2)19(14)20(22)21-16-13-24-12-11-17(16)25-15-8-4-3-5-9-15/h3-10,16-17H,11-13H2,1-2H3,(H,21,22)/t16-,17+/m1/s1. The minimum Gasteiger partial charge on any atom is -0.496 e. The molecule has 5 nitrogen and oxygen atoms in total. The summed E-state index contributed by atoms with van der Waals surface area (Å²) in [7, 11) is 1.57. The fourth-order valence-electron chi connectivity index (χ4n) is 3.01. The molecule has 132 valence electrons. The van der Waals surface area contributed by atoms with Crippen molar-refractivity contribution in [3.63, 3.8) is 0 Å². The first-order valence-electron chi connectivity index (χ1n) is 8.43. The molecule has 5 heteroatoms. The maximum Gasteiger partial charge on any atom is 0.255 e. The molecule has 1 fully saturated rings. The Morgan fingerprint density at radius 2 is 1.96 bits per heavy atom. The smallest absolute Gasteiger partial charge is 0.255 e. The number of para-hydroxylation sites is 1. The van der Waals surface area contributed by atoms with Crippen molar-refractivity contribution in [3.8, 4) is 11.5 Å². The van der Waals surface area contributed by atoms with E-state index in [1.165, 1.54) is 0 Å². The molecule has 0 bridgehead atoms. The van der Waals surface area contributed by atoms with E-state index >= 15 is 0 Å². The van der Waals surface area contributed by atoms with Gasteiger partial charge < -0.3 is 19.5 Å². The monoisotopic (exact) mass is 341 g/mol. The predicted molar refractivity (Wildman–Crippen MR) is 95.3 cm³/mol. The average molecular weight is 341 g/mol. The van der Waals surface area contributed by atoms with Gasteiger partial charge in [-0.25, -0.2) is 0 Å². The molecule has 1 aliphatic heterocycles. The predicted octanol–water partition coefficient (Wildman–Crippen LogP) is 2.97. The van der Waals surface area contributed by atoms with Crippen LogP contribution in [0.4, 0.5) is 0 Å². The second kappa shape index (κ2) is 8.03. The highest BCUT2D eigenvalue weighted by Crippen LogP contribution is 2.23. The number of hydrogen-bond donors (Lipinski definition) is 1. The summed E-state index contributed by atoms with van der Waals surface area (Å²) in [5.74, 6) is 1.18. The molecule has 0 spiro atoms. The second-order valence-electron chi connectivity index (χ2n) is 6.07. The summed E-state index contributed by atoms with van der Waals surface area (Å²) in [5.41, 5.74) is 1.42. The van der Waals surface area contributed by atoms with E-state index in [9.17, 15) is 4.79 Å². The lowest BCUT2D eigenvalue weighted by Crippen LogP contribution is -2.52. The number of methoxy groups -OCH3 is 1. The van der Waals surface area contributed by atoms with Gasteiger partial charge in [0, 0.05) is 6.42 Å². The SMILES string of the molecule is COc1cccc(C)c1C(=O)N[C@@H]1COCC[C@@H]1Oc1ccccc1. The fourth-order valence-corrected chi connectivity index (χ4v) is 3.01. The van der Waals surface area contributed by atoms with Crippen LogP contribution >= 0.6 is 0 Å². The first-order valence-corrected chi connectivity index (χ1v) is 8.43. The number of nitrogens with one attached hydrogen (secondary N) is 1.